The van der Waals surface area contributed by atoms with Crippen LogP contribution in [0.25, 0.3) is 11.0 Å². The zero-order valence-corrected chi connectivity index (χ0v) is 14.2. The van der Waals surface area contributed by atoms with Crippen LogP contribution in [-0.4, -0.2) is 51.9 Å². The number of hydrogen-bond acceptors (Lipinski definition) is 3. The molecule has 0 bridgehead atoms. The lowest BCUT2D eigenvalue weighted by Gasteiger charge is -2.34. The molecular formula is C20H22N4O. The molecule has 1 N–H and O–H groups in total. The predicted molar refractivity (Wildman–Crippen MR) is 98.1 cm³/mol. The largest absolute Gasteiger partial charge is 0.341 e. The maximum atomic E-state index is 12.4. The number of carbonyl (C=O) groups is 1. The summed E-state index contributed by atoms with van der Waals surface area (Å²) in [5.74, 6) is 1.21. The molecule has 5 nitrogen and oxygen atoms in total. The summed E-state index contributed by atoms with van der Waals surface area (Å²) in [6.45, 7) is 4.14. The number of aromatic amines is 1. The van der Waals surface area contributed by atoms with Crippen molar-refractivity contribution in [2.24, 2.45) is 0 Å². The lowest BCUT2D eigenvalue weighted by atomic mass is 10.1. The number of fused-ring (bicyclic) bond motifs is 1. The number of nitrogens with zero attached hydrogens (tertiary/aromatic N) is 3. The van der Waals surface area contributed by atoms with Gasteiger partial charge in [0.1, 0.15) is 5.82 Å². The molecular weight excluding hydrogens is 312 g/mol. The molecule has 0 atom stereocenters. The summed E-state index contributed by atoms with van der Waals surface area (Å²) < 4.78 is 0. The minimum atomic E-state index is 0.217. The first-order valence-corrected chi connectivity index (χ1v) is 8.75. The third-order valence-corrected chi connectivity index (χ3v) is 4.73. The quantitative estimate of drug-likeness (QED) is 0.797. The minimum absolute atomic E-state index is 0.217. The molecule has 128 valence electrons. The number of piperazine rings is 1. The van der Waals surface area contributed by atoms with E-state index in [4.69, 9.17) is 0 Å². The lowest BCUT2D eigenvalue weighted by molar-refractivity contribution is -0.132. The van der Waals surface area contributed by atoms with E-state index in [0.717, 1.165) is 55.1 Å². The topological polar surface area (TPSA) is 52.2 Å². The van der Waals surface area contributed by atoms with Crippen LogP contribution in [-0.2, 0) is 17.8 Å². The Hall–Kier alpha value is -2.66. The zero-order chi connectivity index (χ0) is 17.1. The van der Waals surface area contributed by atoms with Gasteiger partial charge in [0.2, 0.25) is 5.91 Å². The average molecular weight is 334 g/mol. The third-order valence-electron chi connectivity index (χ3n) is 4.73. The minimum Gasteiger partial charge on any atom is -0.341 e. The second-order valence-electron chi connectivity index (χ2n) is 6.52. The van der Waals surface area contributed by atoms with Gasteiger partial charge in [-0.25, -0.2) is 4.98 Å². The Balaban J connectivity index is 1.31. The van der Waals surface area contributed by atoms with Crippen molar-refractivity contribution >= 4 is 16.9 Å². The zero-order valence-electron chi connectivity index (χ0n) is 14.2. The van der Waals surface area contributed by atoms with Gasteiger partial charge in [-0.05, 0) is 17.7 Å². The molecule has 0 aliphatic carbocycles. The molecule has 4 rings (SSSR count). The molecule has 1 aliphatic rings. The van der Waals surface area contributed by atoms with Crippen molar-refractivity contribution in [2.75, 3.05) is 26.2 Å². The van der Waals surface area contributed by atoms with Gasteiger partial charge in [0.05, 0.1) is 24.0 Å². The summed E-state index contributed by atoms with van der Waals surface area (Å²) >= 11 is 0. The van der Waals surface area contributed by atoms with E-state index in [1.54, 1.807) is 0 Å². The van der Waals surface area contributed by atoms with Gasteiger partial charge in [-0.15, -0.1) is 0 Å². The summed E-state index contributed by atoms with van der Waals surface area (Å²) in [5, 5.41) is 0. The number of amides is 1. The Morgan fingerprint density at radius 3 is 2.44 bits per heavy atom. The molecule has 1 saturated heterocycles. The number of imidazole rings is 1. The van der Waals surface area contributed by atoms with Gasteiger partial charge in [-0.2, -0.15) is 0 Å². The summed E-state index contributed by atoms with van der Waals surface area (Å²) in [6, 6.07) is 18.0. The Morgan fingerprint density at radius 1 is 0.960 bits per heavy atom. The molecule has 1 aliphatic heterocycles. The summed E-state index contributed by atoms with van der Waals surface area (Å²) in [4.78, 5) is 24.8. The molecule has 1 amide bonds. The molecule has 0 saturated carbocycles. The Labute approximate surface area is 147 Å². The van der Waals surface area contributed by atoms with E-state index in [9.17, 15) is 4.79 Å². The first-order valence-electron chi connectivity index (χ1n) is 8.75. The first-order chi connectivity index (χ1) is 12.3. The van der Waals surface area contributed by atoms with E-state index in [-0.39, 0.29) is 5.91 Å². The van der Waals surface area contributed by atoms with Crippen molar-refractivity contribution in [3.63, 3.8) is 0 Å². The van der Waals surface area contributed by atoms with Crippen LogP contribution in [0.2, 0.25) is 0 Å². The normalized spacial score (nSPS) is 15.6. The fourth-order valence-electron chi connectivity index (χ4n) is 3.33. The van der Waals surface area contributed by atoms with Gasteiger partial charge in [0.25, 0.3) is 0 Å². The molecule has 0 unspecified atom stereocenters. The van der Waals surface area contributed by atoms with Crippen molar-refractivity contribution in [3.05, 3.63) is 66.0 Å². The van der Waals surface area contributed by atoms with Gasteiger partial charge < -0.3 is 9.88 Å². The van der Waals surface area contributed by atoms with Crippen molar-refractivity contribution < 1.29 is 4.79 Å². The van der Waals surface area contributed by atoms with Crippen LogP contribution >= 0.6 is 0 Å². The maximum absolute atomic E-state index is 12.4. The van der Waals surface area contributed by atoms with Crippen LogP contribution in [0.15, 0.2) is 54.6 Å². The van der Waals surface area contributed by atoms with Gasteiger partial charge in [0, 0.05) is 26.2 Å². The van der Waals surface area contributed by atoms with E-state index in [1.165, 1.54) is 0 Å². The van der Waals surface area contributed by atoms with Crippen molar-refractivity contribution in [1.82, 2.24) is 19.8 Å². The predicted octanol–water partition coefficient (Wildman–Crippen LogP) is 2.45. The smallest absolute Gasteiger partial charge is 0.227 e. The molecule has 25 heavy (non-hydrogen) atoms. The molecule has 1 aromatic heterocycles. The maximum Gasteiger partial charge on any atom is 0.227 e. The molecule has 0 spiro atoms. The number of benzene rings is 2. The molecule has 2 heterocycles. The van der Waals surface area contributed by atoms with E-state index in [1.807, 2.05) is 59.5 Å². The van der Waals surface area contributed by atoms with Crippen LogP contribution in [0, 0.1) is 0 Å². The number of hydrogen-bond donors (Lipinski definition) is 1. The standard InChI is InChI=1S/C20H22N4O/c25-20(14-16-6-2-1-3-7-16)24-12-10-23(11-13-24)15-19-21-17-8-4-5-9-18(17)22-19/h1-9H,10-15H2,(H,21,22). The van der Waals surface area contributed by atoms with Crippen molar-refractivity contribution in [1.29, 1.82) is 0 Å². The summed E-state index contributed by atoms with van der Waals surface area (Å²) in [5.41, 5.74) is 3.17. The second-order valence-corrected chi connectivity index (χ2v) is 6.52. The van der Waals surface area contributed by atoms with Crippen molar-refractivity contribution in [3.8, 4) is 0 Å². The monoisotopic (exact) mass is 334 g/mol. The Morgan fingerprint density at radius 2 is 1.68 bits per heavy atom. The SMILES string of the molecule is O=C(Cc1ccccc1)N1CCN(Cc2nc3ccccc3[nH]2)CC1. The van der Waals surface area contributed by atoms with E-state index in [2.05, 4.69) is 14.9 Å². The average Bonchev–Trinajstić information content (AvgIpc) is 3.05. The van der Waals surface area contributed by atoms with Gasteiger partial charge in [-0.3, -0.25) is 9.69 Å². The van der Waals surface area contributed by atoms with Crippen LogP contribution in [0.1, 0.15) is 11.4 Å². The lowest BCUT2D eigenvalue weighted by Crippen LogP contribution is -2.48. The summed E-state index contributed by atoms with van der Waals surface area (Å²) in [6.07, 6.45) is 0.490. The Bertz CT molecular complexity index is 817. The molecule has 3 aromatic rings. The van der Waals surface area contributed by atoms with E-state index < -0.39 is 0 Å². The number of nitrogens with one attached hydrogen (secondary N) is 1. The van der Waals surface area contributed by atoms with Gasteiger partial charge in [0.15, 0.2) is 0 Å². The second kappa shape index (κ2) is 7.07. The fourth-order valence-corrected chi connectivity index (χ4v) is 3.33. The summed E-state index contributed by atoms with van der Waals surface area (Å²) in [7, 11) is 0. The highest BCUT2D eigenvalue weighted by atomic mass is 16.2. The number of rotatable bonds is 4. The number of aromatic nitrogens is 2. The number of para-hydroxylation sites is 2. The number of H-pyrrole nitrogens is 1. The van der Waals surface area contributed by atoms with Crippen LogP contribution < -0.4 is 0 Å². The molecule has 2 aromatic carbocycles. The van der Waals surface area contributed by atoms with Gasteiger partial charge in [-0.1, -0.05) is 42.5 Å². The highest BCUT2D eigenvalue weighted by Crippen LogP contribution is 2.13. The van der Waals surface area contributed by atoms with Gasteiger partial charge >= 0.3 is 0 Å². The van der Waals surface area contributed by atoms with Crippen LogP contribution in [0.5, 0.6) is 0 Å². The highest BCUT2D eigenvalue weighted by Gasteiger charge is 2.21. The highest BCUT2D eigenvalue weighted by molar-refractivity contribution is 5.79. The molecule has 0 radical (unpaired) electrons. The van der Waals surface area contributed by atoms with Crippen LogP contribution in [0.3, 0.4) is 0 Å². The van der Waals surface area contributed by atoms with E-state index >= 15 is 0 Å². The third kappa shape index (κ3) is 3.72. The van der Waals surface area contributed by atoms with Crippen molar-refractivity contribution in [2.45, 2.75) is 13.0 Å². The molecule has 5 heteroatoms. The Kier molecular flexibility index (Phi) is 4.48. The van der Waals surface area contributed by atoms with Crippen LogP contribution in [0.4, 0.5) is 0 Å². The number of carbonyl (C=O) groups excluding carboxylic acids is 1. The first kappa shape index (κ1) is 15.8. The fraction of sp³-hybridized carbons (Fsp3) is 0.300. The molecule has 1 fully saturated rings. The van der Waals surface area contributed by atoms with E-state index in [0.29, 0.717) is 6.42 Å².